The van der Waals surface area contributed by atoms with Gasteiger partial charge in [-0.1, -0.05) is 41.5 Å². The topological polar surface area (TPSA) is 410 Å². The molecule has 0 spiro atoms. The molecule has 0 bridgehead atoms. The summed E-state index contributed by atoms with van der Waals surface area (Å²) in [4.78, 5) is 62.8. The highest BCUT2D eigenvalue weighted by Gasteiger charge is 2.75. The van der Waals surface area contributed by atoms with Crippen molar-refractivity contribution in [2.45, 2.75) is 292 Å². The summed E-state index contributed by atoms with van der Waals surface area (Å²) in [7, 11) is -9.26. The highest BCUT2D eigenvalue weighted by Crippen LogP contribution is 2.52. The van der Waals surface area contributed by atoms with Crippen LogP contribution < -0.4 is 0 Å². The molecular formula is C76H135Cl2F30N5O28S4Si2. The minimum Gasteiger partial charge on any atom is -0.444 e. The summed E-state index contributed by atoms with van der Waals surface area (Å²) in [5.74, 6) is -66.2. The van der Waals surface area contributed by atoms with Crippen molar-refractivity contribution in [1.29, 1.82) is 0 Å². The summed E-state index contributed by atoms with van der Waals surface area (Å²) >= 11 is 0. The number of hydrogen-bond donors (Lipinski definition) is 3. The number of aliphatic hydroxyl groups excluding tert-OH is 3. The predicted octanol–water partition coefficient (Wildman–Crippen LogP) is 19.0. The van der Waals surface area contributed by atoms with E-state index in [1.54, 1.807) is 145 Å². The van der Waals surface area contributed by atoms with Gasteiger partial charge in [-0.3, -0.25) is 8.37 Å². The van der Waals surface area contributed by atoms with Crippen molar-refractivity contribution in [2.24, 2.45) is 0 Å². The summed E-state index contributed by atoms with van der Waals surface area (Å²) in [6.07, 6.45) is -1.53. The molecule has 147 heavy (non-hydrogen) atoms. The van der Waals surface area contributed by atoms with Gasteiger partial charge in [0.2, 0.25) is 9.05 Å². The summed E-state index contributed by atoms with van der Waals surface area (Å²) in [5.41, 5.74) is -15.1. The van der Waals surface area contributed by atoms with Gasteiger partial charge < -0.3 is 86.6 Å². The molecule has 0 aromatic carbocycles. The lowest BCUT2D eigenvalue weighted by Crippen LogP contribution is -2.59. The van der Waals surface area contributed by atoms with Gasteiger partial charge in [0, 0.05) is 89.3 Å². The maximum Gasteiger partial charge on any atom is 0.523 e. The Kier molecular flexibility index (Phi) is 62.4. The molecule has 0 atom stereocenters. The monoisotopic (exact) mass is 2390 g/mol. The quantitative estimate of drug-likeness (QED) is 0.00975. The van der Waals surface area contributed by atoms with E-state index in [-0.39, 0.29) is 32.8 Å². The average Bonchev–Trinajstić information content (AvgIpc) is 0.774. The van der Waals surface area contributed by atoms with Gasteiger partial charge in [0.25, 0.3) is 10.1 Å². The van der Waals surface area contributed by atoms with Crippen LogP contribution in [0, 0.1) is 0 Å². The van der Waals surface area contributed by atoms with Gasteiger partial charge >= 0.3 is 132 Å². The fraction of sp³-hybridized carbons (Fsp3) is 0.934. The van der Waals surface area contributed by atoms with Crippen molar-refractivity contribution >= 4 is 107 Å². The minimum atomic E-state index is -6.73. The first kappa shape index (κ1) is 157. The Hall–Kier alpha value is -5.34. The van der Waals surface area contributed by atoms with Crippen LogP contribution in [-0.2, 0) is 93.5 Å². The fourth-order valence-corrected chi connectivity index (χ4v) is 9.61. The van der Waals surface area contributed by atoms with E-state index in [4.69, 9.17) is 47.9 Å². The molecule has 0 saturated carbocycles. The molecule has 0 aromatic heterocycles. The number of amides is 5. The lowest BCUT2D eigenvalue weighted by atomic mass is 10.1. The second kappa shape index (κ2) is 58.4. The van der Waals surface area contributed by atoms with Crippen molar-refractivity contribution in [3.8, 4) is 0 Å². The lowest BCUT2D eigenvalue weighted by molar-refractivity contribution is -0.326. The van der Waals surface area contributed by atoms with Gasteiger partial charge in [-0.05, 0) is 140 Å². The van der Waals surface area contributed by atoms with Gasteiger partial charge in [-0.25, -0.2) is 40.8 Å². The van der Waals surface area contributed by atoms with Crippen LogP contribution in [-0.4, -0.2) is 397 Å². The zero-order valence-electron chi connectivity index (χ0n) is 86.2. The van der Waals surface area contributed by atoms with E-state index in [0.29, 0.717) is 6.54 Å². The Balaban J connectivity index is -0.000000261. The number of carbonyl (C=O) groups is 5. The summed E-state index contributed by atoms with van der Waals surface area (Å²) in [6.45, 7) is 20.6. The zero-order chi connectivity index (χ0) is 120. The number of likely N-dealkylation sites (N-methyl/N-ethyl adjacent to an activating group) is 5. The van der Waals surface area contributed by atoms with Crippen LogP contribution in [0.15, 0.2) is 0 Å². The molecule has 0 rings (SSSR count). The Labute approximate surface area is 845 Å². The summed E-state index contributed by atoms with van der Waals surface area (Å²) < 4.78 is 525. The molecule has 0 saturated heterocycles. The number of hydrogen-bond acceptors (Lipinski definition) is 28. The van der Waals surface area contributed by atoms with Crippen molar-refractivity contribution in [3.63, 3.8) is 0 Å². The maximum atomic E-state index is 14.1. The molecule has 0 aliphatic carbocycles. The van der Waals surface area contributed by atoms with Crippen LogP contribution in [0.3, 0.4) is 0 Å². The van der Waals surface area contributed by atoms with E-state index >= 15 is 0 Å². The lowest BCUT2D eigenvalue weighted by Gasteiger charge is -2.39. The molecule has 0 aliphatic rings. The Bertz CT molecular complexity index is 4420. The molecule has 5 amide bonds. The molecule has 0 fully saturated rings. The van der Waals surface area contributed by atoms with Crippen molar-refractivity contribution in [3.05, 3.63) is 0 Å². The Morgan fingerprint density at radius 3 is 0.626 bits per heavy atom. The zero-order valence-corrected chi connectivity index (χ0v) is 93.0. The normalized spacial score (nSPS) is 13.9. The number of ether oxygens (including phenoxy) is 8. The number of carbonyl (C=O) groups excluding carboxylic acids is 5. The average molecular weight is 2390 g/mol. The van der Waals surface area contributed by atoms with E-state index in [9.17, 15) is 189 Å². The maximum absolute atomic E-state index is 14.1. The molecule has 3 N–H and O–H groups in total. The fourth-order valence-electron chi connectivity index (χ4n) is 6.84. The van der Waals surface area contributed by atoms with E-state index in [0.717, 1.165) is 34.3 Å². The molecule has 0 unspecified atom stereocenters. The first-order valence-corrected chi connectivity index (χ1v) is 55.5. The predicted molar refractivity (Wildman–Crippen MR) is 477 cm³/mol. The SMILES string of the molecule is CC(C)(C)[Si](C)(C)OCC(F)(F)C(F)(F)C(F)(F)CO.CN(CCO)C(=O)OC(C)(C)C.CN(CCOCC(F)(F)C(F)(F)C(F)(F)CO)C(=O)OC(C)(C)C.CN(CCOCC(F)(F)C(F)(F)C(F)(F)COS(=O)(=O)C(F)(F)F)C(=O)OC(C)(C)C.CN(CCOCC(F)(F)C(F)(F)C(F)(F)CO[Si](C)(C)C(C)(C)C)C(=O)OC(C)(C)C.CN(CCOS(C)(=O)=O)C(=O)OC(C)(C)C.CS(=O)(=O)Cl.O=S(=O)(Cl)C(F)(F)F. The first-order valence-electron chi connectivity index (χ1n) is 41.4. The molecule has 71 heteroatoms. The van der Waals surface area contributed by atoms with Crippen LogP contribution in [0.2, 0.25) is 36.3 Å². The summed E-state index contributed by atoms with van der Waals surface area (Å²) in [6, 6.07) is 0. The molecule has 33 nitrogen and oxygen atoms in total. The molecule has 0 aromatic rings. The molecule has 0 heterocycles. The Morgan fingerprint density at radius 2 is 0.463 bits per heavy atom. The van der Waals surface area contributed by atoms with Gasteiger partial charge in [0.15, 0.2) is 16.6 Å². The van der Waals surface area contributed by atoms with E-state index < -0.39 is 285 Å². The van der Waals surface area contributed by atoms with Crippen molar-refractivity contribution in [1.82, 2.24) is 24.5 Å². The second-order valence-electron chi connectivity index (χ2n) is 39.0. The molecule has 888 valence electrons. The Morgan fingerprint density at radius 1 is 0.286 bits per heavy atom. The number of aliphatic hydroxyl groups is 3. The highest BCUT2D eigenvalue weighted by molar-refractivity contribution is 8.14. The van der Waals surface area contributed by atoms with Crippen LogP contribution in [0.25, 0.3) is 0 Å². The third kappa shape index (κ3) is 62.1. The third-order valence-electron chi connectivity index (χ3n) is 17.1. The van der Waals surface area contributed by atoms with Crippen LogP contribution in [0.4, 0.5) is 156 Å². The number of nitrogens with zero attached hydrogens (tertiary/aromatic N) is 5. The van der Waals surface area contributed by atoms with Crippen molar-refractivity contribution in [2.75, 3.05) is 166 Å². The van der Waals surface area contributed by atoms with Gasteiger partial charge in [0.1, 0.15) is 80.9 Å². The number of rotatable bonds is 40. The number of halogens is 32. The minimum absolute atomic E-state index is 0.0459. The van der Waals surface area contributed by atoms with E-state index in [1.165, 1.54) is 64.8 Å². The van der Waals surface area contributed by atoms with Crippen LogP contribution in [0.5, 0.6) is 0 Å². The van der Waals surface area contributed by atoms with E-state index in [1.807, 2.05) is 0 Å². The molecule has 0 aliphatic heterocycles. The molecular weight excluding hydrogens is 2260 g/mol. The van der Waals surface area contributed by atoms with Crippen LogP contribution in [0.1, 0.15) is 145 Å². The smallest absolute Gasteiger partial charge is 0.444 e. The highest BCUT2D eigenvalue weighted by atomic mass is 35.7. The van der Waals surface area contributed by atoms with Gasteiger partial charge in [-0.2, -0.15) is 149 Å². The standard InChI is InChI=1S/C19H35F6NO4Si.C14H20F9NO6S.C13H21F6NO4.C11H20F6O2Si.C9H19NO5S.C8H17NO3.CClF3O2S.CH3ClO2S/c1-15(2,3)30-14(27)26(7)10-11-28-12-17(20,21)19(24,25)18(22,23)13-29-31(8,9)16(4,5)6;1-10(2,3)30-9(25)24(4)5-6-28-7-11(15,16)13(19,20)12(17,18)8-29-31(26,27)14(21,22)23;1-10(2,3)24-9(22)20(4)5-6-23-8-12(16,17)13(18,19)11(14,15)7-21;1-8(2,3)20(4,5)19-7-10(14,15)11(16,17)9(12,13)6-18;1-9(2,3)15-8(11)10(4)6-7-14-16(5,12)13;1-8(2,3)12-7(11)9(4)5-6-10;2-8(6,7)1(3,4)5;1-5(2,3)4/h10-13H2,1-9H3;5-8H2,1-4H3;21H,5-8H2,1-4H3;18H,6-7H2,1-5H3;6-7H2,1-5H3;10H,5-6H2,1-4H3;;1H3. The van der Waals surface area contributed by atoms with Crippen molar-refractivity contribution < 1.29 is 260 Å². The van der Waals surface area contributed by atoms with Crippen LogP contribution >= 0.6 is 21.4 Å². The molecule has 0 radical (unpaired) electrons. The number of alkyl halides is 30. The van der Waals surface area contributed by atoms with Gasteiger partial charge in [0.05, 0.1) is 45.5 Å². The summed E-state index contributed by atoms with van der Waals surface area (Å²) in [5, 5.41) is 23.7. The largest absolute Gasteiger partial charge is 0.523 e. The van der Waals surface area contributed by atoms with E-state index in [2.05, 4.69) is 43.9 Å². The first-order chi connectivity index (χ1) is 63.7. The van der Waals surface area contributed by atoms with Gasteiger partial charge in [-0.15, -0.1) is 0 Å². The second-order valence-corrected chi connectivity index (χ2v) is 57.5. The third-order valence-corrected chi connectivity index (χ3v) is 28.7.